The van der Waals surface area contributed by atoms with Gasteiger partial charge in [0, 0.05) is 16.7 Å². The van der Waals surface area contributed by atoms with Crippen LogP contribution in [-0.4, -0.2) is 0 Å². The third kappa shape index (κ3) is 7.61. The Morgan fingerprint density at radius 1 is 0.422 bits per heavy atom. The zero-order valence-corrected chi connectivity index (χ0v) is 36.6. The van der Waals surface area contributed by atoms with Crippen LogP contribution >= 0.6 is 0 Å². The lowest BCUT2D eigenvalue weighted by Crippen LogP contribution is -1.99. The Morgan fingerprint density at radius 2 is 0.922 bits per heavy atom. The van der Waals surface area contributed by atoms with Crippen molar-refractivity contribution in [1.29, 1.82) is 0 Å². The van der Waals surface area contributed by atoms with E-state index in [0.29, 0.717) is 0 Å². The third-order valence-electron chi connectivity index (χ3n) is 14.0. The van der Waals surface area contributed by atoms with Crippen LogP contribution in [0.25, 0.3) is 93.6 Å². The van der Waals surface area contributed by atoms with Crippen molar-refractivity contribution < 1.29 is 0 Å². The molecule has 0 radical (unpaired) electrons. The summed E-state index contributed by atoms with van der Waals surface area (Å²) in [5.41, 5.74) is 11.4. The SMILES string of the molecule is CC1=CC=C(C#CC2=Cc3cc4cc5cc6ccc(/C=C/c7ccc8cc9cc%10cc%11cc(C#CC%12=CCC(C)CC%12)ccc%11cc%10cc9cc8c7)cc6cc5cc4cc3CC2)CC1. The monoisotopic (exact) mass is 816 g/mol. The van der Waals surface area contributed by atoms with Crippen LogP contribution in [0.15, 0.2) is 168 Å². The van der Waals surface area contributed by atoms with Crippen LogP contribution in [0.1, 0.15) is 80.2 Å². The maximum atomic E-state index is 3.50. The number of allylic oxidation sites excluding steroid dienone is 7. The molecule has 0 saturated carbocycles. The topological polar surface area (TPSA) is 0 Å². The summed E-state index contributed by atoms with van der Waals surface area (Å²) in [5, 5.41) is 17.7. The molecule has 0 aromatic heterocycles. The summed E-state index contributed by atoms with van der Waals surface area (Å²) in [5.74, 6) is 14.6. The van der Waals surface area contributed by atoms with Crippen molar-refractivity contribution in [3.05, 3.63) is 196 Å². The summed E-state index contributed by atoms with van der Waals surface area (Å²) in [6, 6.07) is 48.6. The first-order chi connectivity index (χ1) is 31.4. The standard InChI is InChI=1S/C64H48/c1-41-3-7-43(8-4-41)11-13-45-17-21-49-29-57-39-63-35-55-27-47(19-23-51(55)31-59(63)37-61(57)33-53(49)25-45)15-16-48-20-24-52-32-60-38-62-34-54-26-46(14-12-44-9-5-42(2)6-10-44)18-22-50(54)30-58(62)40-64(60)36-56(52)28-48/h3,7,9,15-16,18-20,22-40,42H,4-6,8,10,17,21H2,1-2H3/b16-15+. The second-order valence-corrected chi connectivity index (χ2v) is 18.8. The van der Waals surface area contributed by atoms with Gasteiger partial charge in [-0.3, -0.25) is 0 Å². The van der Waals surface area contributed by atoms with E-state index in [0.717, 1.165) is 50.0 Å². The fraction of sp³-hybridized carbons (Fsp3) is 0.156. The molecule has 9 aromatic rings. The second kappa shape index (κ2) is 15.8. The fourth-order valence-corrected chi connectivity index (χ4v) is 10.1. The van der Waals surface area contributed by atoms with E-state index in [-0.39, 0.29) is 0 Å². The molecule has 0 heteroatoms. The zero-order valence-electron chi connectivity index (χ0n) is 36.6. The Kier molecular flexibility index (Phi) is 9.43. The third-order valence-corrected chi connectivity index (χ3v) is 14.0. The Labute approximate surface area is 376 Å². The highest BCUT2D eigenvalue weighted by Gasteiger charge is 2.13. The molecule has 3 aliphatic rings. The maximum absolute atomic E-state index is 3.50. The van der Waals surface area contributed by atoms with Gasteiger partial charge in [-0.2, -0.15) is 0 Å². The minimum Gasteiger partial charge on any atom is -0.0729 e. The average molecular weight is 817 g/mol. The van der Waals surface area contributed by atoms with Gasteiger partial charge in [0.05, 0.1) is 0 Å². The van der Waals surface area contributed by atoms with Crippen molar-refractivity contribution in [2.24, 2.45) is 5.92 Å². The molecule has 0 aliphatic heterocycles. The van der Waals surface area contributed by atoms with Gasteiger partial charge in [0.25, 0.3) is 0 Å². The van der Waals surface area contributed by atoms with Gasteiger partial charge in [-0.15, -0.1) is 0 Å². The molecule has 3 aliphatic carbocycles. The summed E-state index contributed by atoms with van der Waals surface area (Å²) in [4.78, 5) is 0. The molecule has 64 heavy (non-hydrogen) atoms. The molecule has 304 valence electrons. The molecule has 0 saturated heterocycles. The van der Waals surface area contributed by atoms with E-state index >= 15 is 0 Å². The van der Waals surface area contributed by atoms with Crippen LogP contribution in [0, 0.1) is 29.6 Å². The lowest BCUT2D eigenvalue weighted by Gasteiger charge is -2.15. The molecule has 0 fully saturated rings. The lowest BCUT2D eigenvalue weighted by molar-refractivity contribution is 0.520. The predicted molar refractivity (Wildman–Crippen MR) is 277 cm³/mol. The summed E-state index contributed by atoms with van der Waals surface area (Å²) in [7, 11) is 0. The normalized spacial score (nSPS) is 16.4. The van der Waals surface area contributed by atoms with Gasteiger partial charge in [-0.05, 0) is 258 Å². The van der Waals surface area contributed by atoms with E-state index < -0.39 is 0 Å². The summed E-state index contributed by atoms with van der Waals surface area (Å²) in [6.45, 7) is 4.52. The predicted octanol–water partition coefficient (Wildman–Crippen LogP) is 17.0. The Hall–Kier alpha value is -7.38. The number of fused-ring (bicyclic) bond motifs is 8. The van der Waals surface area contributed by atoms with Crippen LogP contribution in [-0.2, 0) is 6.42 Å². The molecular weight excluding hydrogens is 769 g/mol. The van der Waals surface area contributed by atoms with E-state index in [2.05, 4.69) is 201 Å². The summed E-state index contributed by atoms with van der Waals surface area (Å²) in [6.07, 6.45) is 21.3. The largest absolute Gasteiger partial charge is 0.0729 e. The quantitative estimate of drug-likeness (QED) is 0.0926. The molecule has 0 bridgehead atoms. The maximum Gasteiger partial charge on any atom is 0.0255 e. The smallest absolute Gasteiger partial charge is 0.0255 e. The Morgan fingerprint density at radius 3 is 1.50 bits per heavy atom. The molecule has 0 spiro atoms. The number of benzene rings is 9. The fourth-order valence-electron chi connectivity index (χ4n) is 10.1. The van der Waals surface area contributed by atoms with Gasteiger partial charge >= 0.3 is 0 Å². The molecule has 9 aromatic carbocycles. The molecule has 1 atom stereocenters. The summed E-state index contributed by atoms with van der Waals surface area (Å²) >= 11 is 0. The molecular formula is C64H48. The van der Waals surface area contributed by atoms with E-state index in [4.69, 9.17) is 0 Å². The van der Waals surface area contributed by atoms with Gasteiger partial charge in [0.1, 0.15) is 0 Å². The molecule has 0 nitrogen and oxygen atoms in total. The van der Waals surface area contributed by atoms with Crippen LogP contribution in [0.5, 0.6) is 0 Å². The van der Waals surface area contributed by atoms with E-state index in [1.165, 1.54) is 126 Å². The van der Waals surface area contributed by atoms with Gasteiger partial charge in [-0.1, -0.05) is 103 Å². The van der Waals surface area contributed by atoms with Crippen LogP contribution in [0.2, 0.25) is 0 Å². The zero-order chi connectivity index (χ0) is 42.7. The van der Waals surface area contributed by atoms with Crippen LogP contribution < -0.4 is 0 Å². The Balaban J connectivity index is 0.794. The van der Waals surface area contributed by atoms with Gasteiger partial charge in [-0.25, -0.2) is 0 Å². The van der Waals surface area contributed by atoms with Crippen molar-refractivity contribution in [2.45, 2.75) is 58.8 Å². The molecule has 0 heterocycles. The van der Waals surface area contributed by atoms with Crippen LogP contribution in [0.4, 0.5) is 0 Å². The molecule has 0 N–H and O–H groups in total. The van der Waals surface area contributed by atoms with E-state index in [1.807, 2.05) is 0 Å². The second-order valence-electron chi connectivity index (χ2n) is 18.8. The van der Waals surface area contributed by atoms with Crippen molar-refractivity contribution in [3.8, 4) is 23.7 Å². The first-order valence-corrected chi connectivity index (χ1v) is 23.1. The highest BCUT2D eigenvalue weighted by molar-refractivity contribution is 6.09. The highest BCUT2D eigenvalue weighted by Crippen LogP contribution is 2.35. The Bertz CT molecular complexity index is 3780. The van der Waals surface area contributed by atoms with Crippen molar-refractivity contribution in [3.63, 3.8) is 0 Å². The average Bonchev–Trinajstić information content (AvgIpc) is 3.31. The number of rotatable bonds is 2. The minimum absolute atomic E-state index is 0.777. The first-order valence-electron chi connectivity index (χ1n) is 23.1. The van der Waals surface area contributed by atoms with E-state index in [1.54, 1.807) is 0 Å². The molecule has 12 rings (SSSR count). The first kappa shape index (κ1) is 38.3. The van der Waals surface area contributed by atoms with Crippen molar-refractivity contribution in [1.82, 2.24) is 0 Å². The highest BCUT2D eigenvalue weighted by atomic mass is 14.2. The van der Waals surface area contributed by atoms with Crippen molar-refractivity contribution >= 4 is 93.6 Å². The number of aryl methyl sites for hydroxylation is 1. The molecule has 1 unspecified atom stereocenters. The minimum atomic E-state index is 0.777. The van der Waals surface area contributed by atoms with Gasteiger partial charge < -0.3 is 0 Å². The lowest BCUT2D eigenvalue weighted by atomic mass is 9.89. The molecule has 0 amide bonds. The summed E-state index contributed by atoms with van der Waals surface area (Å²) < 4.78 is 0. The van der Waals surface area contributed by atoms with Crippen molar-refractivity contribution in [2.75, 3.05) is 0 Å². The van der Waals surface area contributed by atoms with E-state index in [9.17, 15) is 0 Å². The number of hydrogen-bond acceptors (Lipinski definition) is 0. The van der Waals surface area contributed by atoms with Gasteiger partial charge in [0.15, 0.2) is 0 Å². The van der Waals surface area contributed by atoms with Crippen LogP contribution in [0.3, 0.4) is 0 Å². The number of hydrogen-bond donors (Lipinski definition) is 0. The van der Waals surface area contributed by atoms with Gasteiger partial charge in [0.2, 0.25) is 0 Å².